The average Bonchev–Trinajstić information content (AvgIpc) is 3.66. The Labute approximate surface area is 359 Å². The Hall–Kier alpha value is -5.98. The number of halogens is 11. The fraction of sp³-hybridized carbons (Fsp3) is 0.122. The van der Waals surface area contributed by atoms with Gasteiger partial charge in [-0.1, -0.05) is 39.1 Å². The molecular formula is C41H27BrCl2F8N8O. The van der Waals surface area contributed by atoms with Crippen molar-refractivity contribution in [1.29, 1.82) is 0 Å². The predicted molar refractivity (Wildman–Crippen MR) is 222 cm³/mol. The molecule has 0 aliphatic rings. The lowest BCUT2D eigenvalue weighted by Crippen LogP contribution is -2.13. The van der Waals surface area contributed by atoms with E-state index in [1.54, 1.807) is 18.2 Å². The minimum Gasteiger partial charge on any atom is -0.435 e. The monoisotopic (exact) mass is 948 g/mol. The number of ether oxygens (including phenoxy) is 1. The van der Waals surface area contributed by atoms with Crippen molar-refractivity contribution in [3.05, 3.63) is 135 Å². The molecule has 0 aliphatic heterocycles. The van der Waals surface area contributed by atoms with Gasteiger partial charge in [-0.05, 0) is 97.1 Å². The smallest absolute Gasteiger partial charge is 0.432 e. The van der Waals surface area contributed by atoms with Gasteiger partial charge in [-0.2, -0.15) is 35.1 Å². The van der Waals surface area contributed by atoms with Crippen LogP contribution in [-0.2, 0) is 26.4 Å². The largest absolute Gasteiger partial charge is 0.435 e. The number of benzene rings is 4. The molecule has 8 rings (SSSR count). The lowest BCUT2D eigenvalue weighted by molar-refractivity contribution is -0.143. The third kappa shape index (κ3) is 9.50. The van der Waals surface area contributed by atoms with Gasteiger partial charge in [0.1, 0.15) is 28.8 Å². The molecular weight excluding hydrogens is 923 g/mol. The topological polar surface area (TPSA) is 94.7 Å². The molecule has 0 radical (unpaired) electrons. The highest BCUT2D eigenvalue weighted by atomic mass is 79.9. The molecule has 314 valence electrons. The number of hydrogen-bond acceptors (Lipinski definition) is 7. The van der Waals surface area contributed by atoms with Crippen molar-refractivity contribution in [3.8, 4) is 28.5 Å². The number of anilines is 4. The van der Waals surface area contributed by atoms with Crippen LogP contribution in [0.3, 0.4) is 0 Å². The van der Waals surface area contributed by atoms with Crippen LogP contribution < -0.4 is 15.4 Å². The molecule has 0 spiro atoms. The molecule has 9 nitrogen and oxygen atoms in total. The van der Waals surface area contributed by atoms with E-state index < -0.39 is 30.4 Å². The van der Waals surface area contributed by atoms with E-state index >= 15 is 0 Å². The van der Waals surface area contributed by atoms with Crippen LogP contribution in [0.15, 0.2) is 114 Å². The quantitative estimate of drug-likeness (QED) is 0.147. The molecule has 0 bridgehead atoms. The first-order chi connectivity index (χ1) is 28.9. The summed E-state index contributed by atoms with van der Waals surface area (Å²) in [6.45, 7) is -2.95. The highest BCUT2D eigenvalue weighted by Gasteiger charge is 2.41. The summed E-state index contributed by atoms with van der Waals surface area (Å²) in [7, 11) is 2.68. The van der Waals surface area contributed by atoms with Crippen LogP contribution in [-0.4, -0.2) is 35.7 Å². The van der Waals surface area contributed by atoms with Crippen LogP contribution in [0.2, 0.25) is 10.0 Å². The van der Waals surface area contributed by atoms with Crippen LogP contribution in [0, 0.1) is 0 Å². The van der Waals surface area contributed by atoms with E-state index in [2.05, 4.69) is 51.2 Å². The fourth-order valence-electron chi connectivity index (χ4n) is 6.60. The van der Waals surface area contributed by atoms with Gasteiger partial charge in [0.05, 0.1) is 11.1 Å². The first kappa shape index (κ1) is 43.1. The molecule has 4 heterocycles. The molecule has 4 aromatic heterocycles. The third-order valence-corrected chi connectivity index (χ3v) is 10.1. The zero-order valence-corrected chi connectivity index (χ0v) is 34.3. The lowest BCUT2D eigenvalue weighted by Gasteiger charge is -2.12. The lowest BCUT2D eigenvalue weighted by atomic mass is 10.1. The van der Waals surface area contributed by atoms with Crippen molar-refractivity contribution in [3.63, 3.8) is 0 Å². The van der Waals surface area contributed by atoms with Crippen molar-refractivity contribution in [1.82, 2.24) is 29.1 Å². The summed E-state index contributed by atoms with van der Waals surface area (Å²) in [5.74, 6) is 0.380. The Kier molecular flexibility index (Phi) is 12.1. The van der Waals surface area contributed by atoms with Crippen molar-refractivity contribution in [2.45, 2.75) is 19.0 Å². The first-order valence-corrected chi connectivity index (χ1v) is 19.1. The second-order valence-electron chi connectivity index (χ2n) is 13.1. The van der Waals surface area contributed by atoms with E-state index in [1.807, 2.05) is 24.3 Å². The van der Waals surface area contributed by atoms with Crippen molar-refractivity contribution >= 4 is 83.9 Å². The highest BCUT2D eigenvalue weighted by Crippen LogP contribution is 2.44. The highest BCUT2D eigenvalue weighted by molar-refractivity contribution is 9.10. The molecule has 0 amide bonds. The zero-order valence-electron chi connectivity index (χ0n) is 31.2. The molecule has 0 saturated heterocycles. The van der Waals surface area contributed by atoms with Crippen LogP contribution in [0.25, 0.3) is 44.6 Å². The second kappa shape index (κ2) is 17.2. The molecule has 0 fully saturated rings. The minimum absolute atomic E-state index is 0.0311. The van der Waals surface area contributed by atoms with Gasteiger partial charge in [-0.15, -0.1) is 0 Å². The normalized spacial score (nSPS) is 11.8. The Morgan fingerprint density at radius 3 is 1.41 bits per heavy atom. The van der Waals surface area contributed by atoms with Gasteiger partial charge in [0.15, 0.2) is 11.6 Å². The molecule has 4 aromatic carbocycles. The SMILES string of the molecule is Cn1c(C(F)(F)F)c(-c2nccc(Nc3ccc(Br)cc3)n2)c2cc(Cl)ccc21.Cn1c(C(F)(F)F)c(-c2nccc(Nc3ccc(OC(F)F)cc3)n2)c2cc(Cl)ccc21. The number of nitrogens with zero attached hydrogens (tertiary/aromatic N) is 6. The molecule has 8 aromatic rings. The number of aromatic nitrogens is 6. The van der Waals surface area contributed by atoms with Crippen LogP contribution in [0.1, 0.15) is 11.4 Å². The summed E-state index contributed by atoms with van der Waals surface area (Å²) < 4.78 is 115. The standard InChI is InChI=1S/C21H14ClF5N4O.C20H13BrClF3N4/c1-31-15-7-2-11(22)10-14(15)17(18(31)21(25,26)27)19-28-9-8-16(30-19)29-12-3-5-13(6-4-12)32-20(23)24;1-29-15-7-4-12(22)10-14(15)17(18(29)20(23,24)25)19-26-9-8-16(28-19)27-13-5-2-11(21)3-6-13/h2-10,20H,1H3,(H,28,29,30);2-10H,1H3,(H,26,27,28). The number of aryl methyl sites for hydroxylation is 2. The van der Waals surface area contributed by atoms with E-state index in [9.17, 15) is 35.1 Å². The van der Waals surface area contributed by atoms with Crippen molar-refractivity contribution in [2.75, 3.05) is 10.6 Å². The number of nitrogens with one attached hydrogen (secondary N) is 2. The van der Waals surface area contributed by atoms with Gasteiger partial charge in [0, 0.05) is 74.2 Å². The number of fused-ring (bicyclic) bond motifs is 2. The van der Waals surface area contributed by atoms with E-state index in [4.69, 9.17) is 23.2 Å². The van der Waals surface area contributed by atoms with Gasteiger partial charge in [0.2, 0.25) is 0 Å². The van der Waals surface area contributed by atoms with Crippen LogP contribution >= 0.6 is 39.1 Å². The summed E-state index contributed by atoms with van der Waals surface area (Å²) in [6.07, 6.45) is -6.51. The fourth-order valence-corrected chi connectivity index (χ4v) is 7.20. The maximum absolute atomic E-state index is 13.9. The third-order valence-electron chi connectivity index (χ3n) is 9.09. The Bertz CT molecular complexity index is 2870. The van der Waals surface area contributed by atoms with E-state index in [0.29, 0.717) is 32.9 Å². The van der Waals surface area contributed by atoms with Gasteiger partial charge >= 0.3 is 19.0 Å². The van der Waals surface area contributed by atoms with Gasteiger partial charge in [-0.3, -0.25) is 0 Å². The van der Waals surface area contributed by atoms with Crippen LogP contribution in [0.5, 0.6) is 5.75 Å². The zero-order chi connectivity index (χ0) is 43.8. The molecule has 0 unspecified atom stereocenters. The van der Waals surface area contributed by atoms with Gasteiger partial charge in [0.25, 0.3) is 0 Å². The van der Waals surface area contributed by atoms with Gasteiger partial charge in [-0.25, -0.2) is 19.9 Å². The number of alkyl halides is 8. The average molecular weight is 951 g/mol. The van der Waals surface area contributed by atoms with E-state index in [-0.39, 0.29) is 44.8 Å². The summed E-state index contributed by atoms with van der Waals surface area (Å²) >= 11 is 15.5. The summed E-state index contributed by atoms with van der Waals surface area (Å²) in [5.41, 5.74) is -0.0854. The van der Waals surface area contributed by atoms with Crippen molar-refractivity contribution < 1.29 is 39.9 Å². The predicted octanol–water partition coefficient (Wildman–Crippen LogP) is 13.5. The van der Waals surface area contributed by atoms with Crippen molar-refractivity contribution in [2.24, 2.45) is 14.1 Å². The Morgan fingerprint density at radius 1 is 0.607 bits per heavy atom. The maximum Gasteiger partial charge on any atom is 0.432 e. The summed E-state index contributed by atoms with van der Waals surface area (Å²) in [4.78, 5) is 16.8. The second-order valence-corrected chi connectivity index (χ2v) is 14.9. The first-order valence-electron chi connectivity index (χ1n) is 17.6. The molecule has 2 N–H and O–H groups in total. The minimum atomic E-state index is -4.66. The Morgan fingerprint density at radius 2 is 1.02 bits per heavy atom. The molecule has 20 heteroatoms. The summed E-state index contributed by atoms with van der Waals surface area (Å²) in [5, 5.41) is 7.21. The summed E-state index contributed by atoms with van der Waals surface area (Å²) in [6, 6.07) is 25.1. The number of hydrogen-bond donors (Lipinski definition) is 2. The van der Waals surface area contributed by atoms with Gasteiger partial charge < -0.3 is 24.5 Å². The van der Waals surface area contributed by atoms with Crippen LogP contribution in [0.4, 0.5) is 58.1 Å². The maximum atomic E-state index is 13.9. The Balaban J connectivity index is 0.000000185. The van der Waals surface area contributed by atoms with E-state index in [1.165, 1.54) is 81.1 Å². The van der Waals surface area contributed by atoms with E-state index in [0.717, 1.165) is 19.3 Å². The number of rotatable bonds is 8. The molecule has 0 saturated carbocycles. The molecule has 0 atom stereocenters. The molecule has 0 aliphatic carbocycles. The molecule has 61 heavy (non-hydrogen) atoms.